The van der Waals surface area contributed by atoms with E-state index in [-0.39, 0.29) is 17.9 Å². The van der Waals surface area contributed by atoms with Gasteiger partial charge in [-0.1, -0.05) is 36.4 Å². The maximum absolute atomic E-state index is 12.3. The normalized spacial score (nSPS) is 10.4. The van der Waals surface area contributed by atoms with Crippen LogP contribution in [0.5, 0.6) is 11.5 Å². The molecule has 0 aliphatic rings. The monoisotopic (exact) mass is 365 g/mol. The van der Waals surface area contributed by atoms with Crippen molar-refractivity contribution >= 4 is 28.3 Å². The molecule has 138 valence electrons. The zero-order chi connectivity index (χ0) is 19.4. The van der Waals surface area contributed by atoms with Crippen molar-refractivity contribution in [2.45, 2.75) is 6.92 Å². The van der Waals surface area contributed by atoms with Crippen molar-refractivity contribution in [2.24, 2.45) is 0 Å². The molecule has 27 heavy (non-hydrogen) atoms. The van der Waals surface area contributed by atoms with Gasteiger partial charge in [0.15, 0.2) is 6.61 Å². The Morgan fingerprint density at radius 3 is 2.59 bits per heavy atom. The molecule has 0 heterocycles. The Kier molecular flexibility index (Phi) is 5.26. The highest BCUT2D eigenvalue weighted by Gasteiger charge is 2.16. The number of amides is 1. The number of hydrogen-bond acceptors (Lipinski definition) is 4. The first-order valence-electron chi connectivity index (χ1n) is 8.32. The Labute approximate surface area is 156 Å². The topological polar surface area (TPSA) is 84.9 Å². The number of carboxylic acid groups (broad SMARTS) is 1. The van der Waals surface area contributed by atoms with Gasteiger partial charge in [-0.15, -0.1) is 0 Å². The minimum absolute atomic E-state index is 0.00892. The van der Waals surface area contributed by atoms with Gasteiger partial charge in [-0.2, -0.15) is 0 Å². The Bertz CT molecular complexity index is 1010. The molecule has 0 spiro atoms. The molecule has 3 rings (SSSR count). The van der Waals surface area contributed by atoms with Crippen molar-refractivity contribution in [1.82, 2.24) is 0 Å². The number of aryl methyl sites for hydroxylation is 1. The minimum atomic E-state index is -1.11. The molecule has 0 atom stereocenters. The van der Waals surface area contributed by atoms with E-state index in [4.69, 9.17) is 9.47 Å². The summed E-state index contributed by atoms with van der Waals surface area (Å²) < 4.78 is 10.9. The van der Waals surface area contributed by atoms with Crippen molar-refractivity contribution in [2.75, 3.05) is 19.0 Å². The number of carbonyl (C=O) groups excluding carboxylic acids is 1. The maximum Gasteiger partial charge on any atom is 0.339 e. The fraction of sp³-hybridized carbons (Fsp3) is 0.143. The van der Waals surface area contributed by atoms with Gasteiger partial charge in [0.05, 0.1) is 12.8 Å². The minimum Gasteiger partial charge on any atom is -0.495 e. The fourth-order valence-electron chi connectivity index (χ4n) is 2.81. The molecule has 0 saturated carbocycles. The van der Waals surface area contributed by atoms with Gasteiger partial charge >= 0.3 is 5.97 Å². The molecule has 1 amide bonds. The lowest BCUT2D eigenvalue weighted by atomic mass is 10.1. The molecule has 0 unspecified atom stereocenters. The maximum atomic E-state index is 12.3. The summed E-state index contributed by atoms with van der Waals surface area (Å²) in [7, 11) is 1.52. The Hall–Kier alpha value is -3.54. The van der Waals surface area contributed by atoms with Crippen molar-refractivity contribution in [1.29, 1.82) is 0 Å². The third-order valence-corrected chi connectivity index (χ3v) is 4.09. The van der Waals surface area contributed by atoms with Crippen LogP contribution in [-0.2, 0) is 4.79 Å². The van der Waals surface area contributed by atoms with Crippen molar-refractivity contribution in [3.8, 4) is 11.5 Å². The van der Waals surface area contributed by atoms with E-state index in [0.717, 1.165) is 10.9 Å². The quantitative estimate of drug-likeness (QED) is 0.693. The van der Waals surface area contributed by atoms with E-state index in [1.807, 2.05) is 25.1 Å². The number of aromatic carboxylic acids is 1. The number of fused-ring (bicyclic) bond motifs is 1. The average Bonchev–Trinajstić information content (AvgIpc) is 2.66. The van der Waals surface area contributed by atoms with Crippen LogP contribution in [0.3, 0.4) is 0 Å². The Morgan fingerprint density at radius 1 is 1.07 bits per heavy atom. The molecule has 0 aliphatic carbocycles. The highest BCUT2D eigenvalue weighted by Crippen LogP contribution is 2.30. The first kappa shape index (κ1) is 18.3. The molecule has 6 heteroatoms. The van der Waals surface area contributed by atoms with Crippen LogP contribution in [0.4, 0.5) is 5.69 Å². The number of benzene rings is 3. The summed E-state index contributed by atoms with van der Waals surface area (Å²) in [5.41, 5.74) is 1.51. The van der Waals surface area contributed by atoms with Gasteiger partial charge in [0, 0.05) is 5.39 Å². The van der Waals surface area contributed by atoms with E-state index in [1.165, 1.54) is 13.2 Å². The van der Waals surface area contributed by atoms with Crippen molar-refractivity contribution in [3.05, 3.63) is 65.7 Å². The molecule has 3 aromatic rings. The van der Waals surface area contributed by atoms with Crippen LogP contribution in [0.2, 0.25) is 0 Å². The summed E-state index contributed by atoms with van der Waals surface area (Å²) in [6, 6.07) is 15.9. The molecule has 2 N–H and O–H groups in total. The molecular formula is C21H19NO5. The van der Waals surface area contributed by atoms with Crippen LogP contribution >= 0.6 is 0 Å². The lowest BCUT2D eigenvalue weighted by Gasteiger charge is -2.14. The highest BCUT2D eigenvalue weighted by atomic mass is 16.5. The first-order chi connectivity index (χ1) is 13.0. The SMILES string of the molecule is COc1ccc(C)cc1NC(=O)COc1c(C(=O)O)ccc2ccccc12. The van der Waals surface area contributed by atoms with Gasteiger partial charge in [-0.3, -0.25) is 4.79 Å². The Morgan fingerprint density at radius 2 is 1.85 bits per heavy atom. The molecule has 6 nitrogen and oxygen atoms in total. The number of rotatable bonds is 6. The molecule has 0 saturated heterocycles. The molecule has 0 aromatic heterocycles. The van der Waals surface area contributed by atoms with Crippen molar-refractivity contribution in [3.63, 3.8) is 0 Å². The zero-order valence-electron chi connectivity index (χ0n) is 15.0. The Balaban J connectivity index is 1.82. The van der Waals surface area contributed by atoms with Crippen LogP contribution in [0.15, 0.2) is 54.6 Å². The number of hydrogen-bond donors (Lipinski definition) is 2. The van der Waals surface area contributed by atoms with Gasteiger partial charge in [0.1, 0.15) is 17.1 Å². The van der Waals surface area contributed by atoms with Gasteiger partial charge in [0.2, 0.25) is 0 Å². The zero-order valence-corrected chi connectivity index (χ0v) is 15.0. The second-order valence-electron chi connectivity index (χ2n) is 6.01. The number of nitrogens with one attached hydrogen (secondary N) is 1. The largest absolute Gasteiger partial charge is 0.495 e. The number of carbonyl (C=O) groups is 2. The standard InChI is InChI=1S/C21H19NO5/c1-13-7-10-18(26-2)17(11-13)22-19(23)12-27-20-15-6-4-3-5-14(15)8-9-16(20)21(24)25/h3-11H,12H2,1-2H3,(H,22,23)(H,24,25). The average molecular weight is 365 g/mol. The molecule has 0 fully saturated rings. The van der Waals surface area contributed by atoms with E-state index < -0.39 is 11.9 Å². The predicted octanol–water partition coefficient (Wildman–Crippen LogP) is 3.87. The van der Waals surface area contributed by atoms with Crippen LogP contribution in [0.1, 0.15) is 15.9 Å². The second-order valence-corrected chi connectivity index (χ2v) is 6.01. The summed E-state index contributed by atoms with van der Waals surface area (Å²) in [6.07, 6.45) is 0. The smallest absolute Gasteiger partial charge is 0.339 e. The molecule has 0 bridgehead atoms. The second kappa shape index (κ2) is 7.78. The van der Waals surface area contributed by atoms with E-state index in [2.05, 4.69) is 5.32 Å². The number of carboxylic acids is 1. The summed E-state index contributed by atoms with van der Waals surface area (Å²) >= 11 is 0. The van der Waals surface area contributed by atoms with E-state index in [9.17, 15) is 14.7 Å². The van der Waals surface area contributed by atoms with Gasteiger partial charge in [-0.05, 0) is 36.1 Å². The lowest BCUT2D eigenvalue weighted by molar-refractivity contribution is -0.118. The first-order valence-corrected chi connectivity index (χ1v) is 8.32. The van der Waals surface area contributed by atoms with Crippen molar-refractivity contribution < 1.29 is 24.2 Å². The predicted molar refractivity (Wildman–Crippen MR) is 103 cm³/mol. The number of methoxy groups -OCH3 is 1. The van der Waals surface area contributed by atoms with E-state index in [0.29, 0.717) is 16.8 Å². The van der Waals surface area contributed by atoms with E-state index in [1.54, 1.807) is 30.3 Å². The molecule has 3 aromatic carbocycles. The van der Waals surface area contributed by atoms with Crippen LogP contribution < -0.4 is 14.8 Å². The van der Waals surface area contributed by atoms with Crippen LogP contribution in [0.25, 0.3) is 10.8 Å². The van der Waals surface area contributed by atoms with Gasteiger partial charge in [0.25, 0.3) is 5.91 Å². The molecular weight excluding hydrogens is 346 g/mol. The fourth-order valence-corrected chi connectivity index (χ4v) is 2.81. The van der Waals surface area contributed by atoms with Crippen LogP contribution in [-0.4, -0.2) is 30.7 Å². The molecule has 0 aliphatic heterocycles. The highest BCUT2D eigenvalue weighted by molar-refractivity contribution is 6.01. The molecule has 0 radical (unpaired) electrons. The summed E-state index contributed by atoms with van der Waals surface area (Å²) in [5, 5.41) is 13.6. The summed E-state index contributed by atoms with van der Waals surface area (Å²) in [4.78, 5) is 23.9. The number of anilines is 1. The van der Waals surface area contributed by atoms with Crippen LogP contribution in [0, 0.1) is 6.92 Å². The number of ether oxygens (including phenoxy) is 2. The summed E-state index contributed by atoms with van der Waals surface area (Å²) in [5.74, 6) is -0.822. The van der Waals surface area contributed by atoms with E-state index >= 15 is 0 Å². The van der Waals surface area contributed by atoms with Gasteiger partial charge < -0.3 is 19.9 Å². The lowest BCUT2D eigenvalue weighted by Crippen LogP contribution is -2.21. The van der Waals surface area contributed by atoms with Gasteiger partial charge in [-0.25, -0.2) is 4.79 Å². The third kappa shape index (κ3) is 4.00. The summed E-state index contributed by atoms with van der Waals surface area (Å²) in [6.45, 7) is 1.58. The third-order valence-electron chi connectivity index (χ3n) is 4.09.